The molecule has 1 unspecified atom stereocenters. The minimum Gasteiger partial charge on any atom is -0.479 e. The molecule has 0 radical (unpaired) electrons. The van der Waals surface area contributed by atoms with Crippen LogP contribution in [0.25, 0.3) is 0 Å². The Balaban J connectivity index is 1.98. The minimum atomic E-state index is -1.32. The highest BCUT2D eigenvalue weighted by molar-refractivity contribution is 5.84. The van der Waals surface area contributed by atoms with Gasteiger partial charge in [-0.15, -0.1) is 0 Å². The van der Waals surface area contributed by atoms with Crippen LogP contribution in [-0.4, -0.2) is 16.1 Å². The molecule has 1 atom stereocenters. The Labute approximate surface area is 140 Å². The van der Waals surface area contributed by atoms with E-state index in [0.717, 1.165) is 5.56 Å². The van der Waals surface area contributed by atoms with Crippen LogP contribution >= 0.6 is 0 Å². The summed E-state index contributed by atoms with van der Waals surface area (Å²) in [6.07, 6.45) is 3.23. The lowest BCUT2D eigenvalue weighted by molar-refractivity contribution is -0.150. The third kappa shape index (κ3) is 2.67. The predicted molar refractivity (Wildman–Crippen MR) is 89.4 cm³/mol. The molecule has 0 saturated carbocycles. The zero-order valence-electron chi connectivity index (χ0n) is 13.6. The van der Waals surface area contributed by atoms with Gasteiger partial charge in [0, 0.05) is 12.7 Å². The number of hydrogen-bond acceptors (Lipinski definition) is 3. The van der Waals surface area contributed by atoms with E-state index in [0.29, 0.717) is 16.7 Å². The monoisotopic (exact) mass is 326 g/mol. The summed E-state index contributed by atoms with van der Waals surface area (Å²) in [6.45, 7) is 3.90. The fourth-order valence-corrected chi connectivity index (χ4v) is 2.90. The fraction of sp³-hybridized carbons (Fsp3) is 0.211. The molecule has 3 rings (SSSR count). The molecule has 2 aromatic rings. The van der Waals surface area contributed by atoms with Crippen molar-refractivity contribution in [3.63, 3.8) is 0 Å². The van der Waals surface area contributed by atoms with E-state index in [4.69, 9.17) is 0 Å². The van der Waals surface area contributed by atoms with Crippen molar-refractivity contribution >= 4 is 5.97 Å². The highest BCUT2D eigenvalue weighted by atomic mass is 19.1. The second-order valence-electron chi connectivity index (χ2n) is 6.07. The summed E-state index contributed by atoms with van der Waals surface area (Å²) in [5.74, 6) is -1.28. The normalized spacial score (nSPS) is 20.1. The van der Waals surface area contributed by atoms with E-state index in [-0.39, 0.29) is 12.4 Å². The maximum Gasteiger partial charge on any atom is 0.334 e. The zero-order chi connectivity index (χ0) is 17.3. The number of nitrogens with zero attached hydrogens (tertiary/aromatic N) is 1. The Morgan fingerprint density at radius 1 is 1.21 bits per heavy atom. The van der Waals surface area contributed by atoms with Gasteiger partial charge in [0.1, 0.15) is 5.82 Å². The largest absolute Gasteiger partial charge is 0.479 e. The number of carboxylic acid groups (broad SMARTS) is 1. The first-order chi connectivity index (χ1) is 11.4. The molecular weight excluding hydrogens is 307 g/mol. The van der Waals surface area contributed by atoms with Crippen LogP contribution in [0, 0.1) is 19.7 Å². The Hall–Kier alpha value is -2.66. The molecule has 24 heavy (non-hydrogen) atoms. The molecular formula is C19H19FN2O2. The lowest BCUT2D eigenvalue weighted by Crippen LogP contribution is -2.51. The first-order valence-electron chi connectivity index (χ1n) is 7.70. The maximum atomic E-state index is 13.8. The number of hydrogen-bond donors (Lipinski definition) is 2. The quantitative estimate of drug-likeness (QED) is 0.905. The second-order valence-corrected chi connectivity index (χ2v) is 6.07. The smallest absolute Gasteiger partial charge is 0.334 e. The molecule has 5 heteroatoms. The van der Waals surface area contributed by atoms with Crippen molar-refractivity contribution in [1.29, 1.82) is 0 Å². The van der Waals surface area contributed by atoms with Gasteiger partial charge in [-0.1, -0.05) is 42.0 Å². The van der Waals surface area contributed by atoms with E-state index in [1.165, 1.54) is 6.07 Å². The number of carboxylic acids is 1. The van der Waals surface area contributed by atoms with E-state index in [2.05, 4.69) is 5.43 Å². The van der Waals surface area contributed by atoms with Crippen molar-refractivity contribution in [2.24, 2.45) is 0 Å². The van der Waals surface area contributed by atoms with Gasteiger partial charge in [0.15, 0.2) is 5.54 Å². The molecule has 0 fully saturated rings. The van der Waals surface area contributed by atoms with Crippen molar-refractivity contribution in [3.8, 4) is 0 Å². The van der Waals surface area contributed by atoms with Crippen molar-refractivity contribution in [2.45, 2.75) is 25.9 Å². The topological polar surface area (TPSA) is 52.6 Å². The lowest BCUT2D eigenvalue weighted by Gasteiger charge is -2.34. The van der Waals surface area contributed by atoms with Crippen molar-refractivity contribution in [3.05, 3.63) is 82.8 Å². The molecule has 0 bridgehead atoms. The molecule has 2 N–H and O–H groups in total. The summed E-state index contributed by atoms with van der Waals surface area (Å²) in [5, 5.41) is 11.5. The molecule has 1 heterocycles. The number of rotatable bonds is 4. The summed E-state index contributed by atoms with van der Waals surface area (Å²) in [5.41, 5.74) is 4.62. The molecule has 124 valence electrons. The number of benzene rings is 2. The van der Waals surface area contributed by atoms with Gasteiger partial charge in [-0.25, -0.2) is 9.18 Å². The molecule has 0 saturated heterocycles. The van der Waals surface area contributed by atoms with Gasteiger partial charge in [-0.05, 0) is 42.7 Å². The average Bonchev–Trinajstić information content (AvgIpc) is 2.96. The van der Waals surface area contributed by atoms with Gasteiger partial charge in [-0.2, -0.15) is 5.01 Å². The number of hydrazine groups is 1. The average molecular weight is 326 g/mol. The Morgan fingerprint density at radius 2 is 1.92 bits per heavy atom. The predicted octanol–water partition coefficient (Wildman–Crippen LogP) is 3.26. The van der Waals surface area contributed by atoms with Crippen LogP contribution in [0.3, 0.4) is 0 Å². The molecule has 1 aliphatic heterocycles. The van der Waals surface area contributed by atoms with E-state index in [1.807, 2.05) is 31.2 Å². The second kappa shape index (κ2) is 6.09. The van der Waals surface area contributed by atoms with Crippen LogP contribution < -0.4 is 5.43 Å². The number of nitrogens with one attached hydrogen (secondary N) is 1. The zero-order valence-corrected chi connectivity index (χ0v) is 13.6. The van der Waals surface area contributed by atoms with Gasteiger partial charge in [0.2, 0.25) is 0 Å². The fourth-order valence-electron chi connectivity index (χ4n) is 2.90. The summed E-state index contributed by atoms with van der Waals surface area (Å²) >= 11 is 0. The first kappa shape index (κ1) is 16.2. The summed E-state index contributed by atoms with van der Waals surface area (Å²) in [4.78, 5) is 12.1. The van der Waals surface area contributed by atoms with Crippen LogP contribution in [0.5, 0.6) is 0 Å². The summed E-state index contributed by atoms with van der Waals surface area (Å²) in [6, 6.07) is 12.3. The molecule has 0 amide bonds. The van der Waals surface area contributed by atoms with Crippen LogP contribution in [0.1, 0.15) is 22.3 Å². The lowest BCUT2D eigenvalue weighted by atomic mass is 9.89. The SMILES string of the molecule is Cc1ccc(C2(C(=O)O)C=CNN2Cc2ccc(C)c(F)c2)cc1. The van der Waals surface area contributed by atoms with E-state index in [1.54, 1.807) is 36.3 Å². The Kier molecular flexibility index (Phi) is 4.11. The van der Waals surface area contributed by atoms with E-state index >= 15 is 0 Å². The molecule has 2 aromatic carbocycles. The maximum absolute atomic E-state index is 13.8. The van der Waals surface area contributed by atoms with Crippen LogP contribution in [-0.2, 0) is 16.9 Å². The standard InChI is InChI=1S/C19H19FN2O2/c1-13-3-7-16(8-4-13)19(18(23)24)9-10-21-22(19)12-15-6-5-14(2)17(20)11-15/h3-11,21H,12H2,1-2H3,(H,23,24). The molecule has 0 aliphatic carbocycles. The third-order valence-corrected chi connectivity index (χ3v) is 4.38. The Morgan fingerprint density at radius 3 is 2.54 bits per heavy atom. The van der Waals surface area contributed by atoms with Crippen LogP contribution in [0.4, 0.5) is 4.39 Å². The van der Waals surface area contributed by atoms with E-state index in [9.17, 15) is 14.3 Å². The summed E-state index contributed by atoms with van der Waals surface area (Å²) < 4.78 is 13.8. The van der Waals surface area contributed by atoms with E-state index < -0.39 is 11.5 Å². The number of halogens is 1. The molecule has 0 spiro atoms. The number of aliphatic carboxylic acids is 1. The third-order valence-electron chi connectivity index (χ3n) is 4.38. The Bertz CT molecular complexity index is 802. The van der Waals surface area contributed by atoms with Crippen molar-refractivity contribution < 1.29 is 14.3 Å². The highest BCUT2D eigenvalue weighted by Crippen LogP contribution is 2.34. The van der Waals surface area contributed by atoms with Gasteiger partial charge < -0.3 is 10.5 Å². The van der Waals surface area contributed by atoms with Crippen LogP contribution in [0.2, 0.25) is 0 Å². The first-order valence-corrected chi connectivity index (χ1v) is 7.70. The minimum absolute atomic E-state index is 0.254. The summed E-state index contributed by atoms with van der Waals surface area (Å²) in [7, 11) is 0. The van der Waals surface area contributed by atoms with Gasteiger partial charge >= 0.3 is 5.97 Å². The number of aryl methyl sites for hydroxylation is 2. The molecule has 4 nitrogen and oxygen atoms in total. The van der Waals surface area contributed by atoms with Gasteiger partial charge in [0.25, 0.3) is 0 Å². The molecule has 0 aromatic heterocycles. The van der Waals surface area contributed by atoms with Gasteiger partial charge in [-0.3, -0.25) is 0 Å². The number of carbonyl (C=O) groups is 1. The van der Waals surface area contributed by atoms with Crippen molar-refractivity contribution in [2.75, 3.05) is 0 Å². The van der Waals surface area contributed by atoms with Crippen LogP contribution in [0.15, 0.2) is 54.7 Å². The van der Waals surface area contributed by atoms with Crippen molar-refractivity contribution in [1.82, 2.24) is 10.4 Å². The molecule has 1 aliphatic rings. The van der Waals surface area contributed by atoms with Gasteiger partial charge in [0.05, 0.1) is 0 Å². The highest BCUT2D eigenvalue weighted by Gasteiger charge is 2.46.